The number of hydrogen-bond donors (Lipinski definition) is 1. The average Bonchev–Trinajstić information content (AvgIpc) is 2.96. The summed E-state index contributed by atoms with van der Waals surface area (Å²) in [5.41, 5.74) is 3.06. The molecule has 0 spiro atoms. The van der Waals surface area contributed by atoms with Gasteiger partial charge in [0.05, 0.1) is 17.7 Å². The van der Waals surface area contributed by atoms with E-state index in [1.54, 1.807) is 56.5 Å². The molecular weight excluding hydrogens is 526 g/mol. The van der Waals surface area contributed by atoms with Crippen LogP contribution in [0.2, 0.25) is 0 Å². The highest BCUT2D eigenvalue weighted by atomic mass is 32.2. The molecule has 0 aliphatic carbocycles. The highest BCUT2D eigenvalue weighted by Gasteiger charge is 2.32. The maximum Gasteiger partial charge on any atom is 0.264 e. The van der Waals surface area contributed by atoms with Crippen LogP contribution in [-0.2, 0) is 26.2 Å². The van der Waals surface area contributed by atoms with Gasteiger partial charge < -0.3 is 15.0 Å². The number of carbonyl (C=O) groups excluding carboxylic acids is 2. The fraction of sp³-hybridized carbons (Fsp3) is 0.355. The van der Waals surface area contributed by atoms with Gasteiger partial charge >= 0.3 is 0 Å². The van der Waals surface area contributed by atoms with E-state index in [1.807, 2.05) is 45.9 Å². The molecule has 1 N–H and O–H groups in total. The highest BCUT2D eigenvalue weighted by Crippen LogP contribution is 2.26. The molecule has 214 valence electrons. The summed E-state index contributed by atoms with van der Waals surface area (Å²) in [5.74, 6) is -0.140. The van der Waals surface area contributed by atoms with Gasteiger partial charge in [-0.25, -0.2) is 8.42 Å². The second-order valence-corrected chi connectivity index (χ2v) is 11.8. The number of hydrogen-bond acceptors (Lipinski definition) is 5. The molecule has 0 fully saturated rings. The minimum Gasteiger partial charge on any atom is -0.497 e. The lowest BCUT2D eigenvalue weighted by atomic mass is 10.1. The molecule has 3 aromatic carbocycles. The van der Waals surface area contributed by atoms with Crippen molar-refractivity contribution in [2.45, 2.75) is 64.6 Å². The lowest BCUT2D eigenvalue weighted by Gasteiger charge is -2.32. The number of methoxy groups -OCH3 is 1. The van der Waals surface area contributed by atoms with E-state index in [4.69, 9.17) is 4.74 Å². The molecule has 0 unspecified atom stereocenters. The van der Waals surface area contributed by atoms with Gasteiger partial charge in [-0.05, 0) is 87.2 Å². The molecule has 0 aliphatic heterocycles. The normalized spacial score (nSPS) is 12.8. The molecule has 3 rings (SSSR count). The maximum absolute atomic E-state index is 14.0. The van der Waals surface area contributed by atoms with Gasteiger partial charge in [0, 0.05) is 12.6 Å². The van der Waals surface area contributed by atoms with Crippen molar-refractivity contribution in [3.8, 4) is 5.75 Å². The molecule has 3 aromatic rings. The summed E-state index contributed by atoms with van der Waals surface area (Å²) < 4.78 is 34.1. The predicted octanol–water partition coefficient (Wildman–Crippen LogP) is 4.84. The largest absolute Gasteiger partial charge is 0.497 e. The van der Waals surface area contributed by atoms with E-state index in [-0.39, 0.29) is 23.4 Å². The van der Waals surface area contributed by atoms with Gasteiger partial charge in [-0.3, -0.25) is 13.9 Å². The van der Waals surface area contributed by atoms with Gasteiger partial charge in [0.2, 0.25) is 11.8 Å². The van der Waals surface area contributed by atoms with Crippen LogP contribution in [0.25, 0.3) is 0 Å². The molecule has 2 atom stereocenters. The Labute approximate surface area is 238 Å². The summed E-state index contributed by atoms with van der Waals surface area (Å²) in [5, 5.41) is 2.94. The Kier molecular flexibility index (Phi) is 10.3. The second-order valence-electron chi connectivity index (χ2n) is 9.96. The molecule has 2 amide bonds. The Balaban J connectivity index is 2.03. The number of benzene rings is 3. The van der Waals surface area contributed by atoms with Crippen LogP contribution in [-0.4, -0.2) is 50.9 Å². The zero-order valence-corrected chi connectivity index (χ0v) is 24.9. The molecule has 0 radical (unpaired) electrons. The molecule has 9 heteroatoms. The van der Waals surface area contributed by atoms with Gasteiger partial charge in [-0.2, -0.15) is 0 Å². The fourth-order valence-electron chi connectivity index (χ4n) is 4.10. The van der Waals surface area contributed by atoms with Crippen molar-refractivity contribution >= 4 is 27.5 Å². The first-order valence-electron chi connectivity index (χ1n) is 13.4. The van der Waals surface area contributed by atoms with Crippen LogP contribution in [0.4, 0.5) is 5.69 Å². The first-order chi connectivity index (χ1) is 19.0. The molecule has 8 nitrogen and oxygen atoms in total. The number of amides is 2. The van der Waals surface area contributed by atoms with Crippen LogP contribution in [0.3, 0.4) is 0 Å². The van der Waals surface area contributed by atoms with Crippen LogP contribution < -0.4 is 14.4 Å². The summed E-state index contributed by atoms with van der Waals surface area (Å²) in [4.78, 5) is 28.6. The molecule has 40 heavy (non-hydrogen) atoms. The Bertz CT molecular complexity index is 1410. The number of nitrogens with zero attached hydrogens (tertiary/aromatic N) is 2. The highest BCUT2D eigenvalue weighted by molar-refractivity contribution is 7.92. The average molecular weight is 566 g/mol. The van der Waals surface area contributed by atoms with Crippen LogP contribution in [0.1, 0.15) is 43.9 Å². The quantitative estimate of drug-likeness (QED) is 0.339. The number of rotatable bonds is 12. The van der Waals surface area contributed by atoms with E-state index < -0.39 is 28.5 Å². The molecule has 0 aromatic heterocycles. The fourth-order valence-corrected chi connectivity index (χ4v) is 5.53. The standard InChI is InChI=1S/C31H39N3O5S/c1-7-24(4)32-31(36)25(5)33(20-26-14-17-28(39-6)18-15-26)30(35)21-34(27-16-13-22(2)23(3)19-27)40(37,38)29-11-9-8-10-12-29/h8-19,24-25H,7,20-21H2,1-6H3,(H,32,36)/t24-,25+/m0/s1. The van der Waals surface area contributed by atoms with Crippen molar-refractivity contribution in [2.24, 2.45) is 0 Å². The van der Waals surface area contributed by atoms with Gasteiger partial charge in [0.1, 0.15) is 18.3 Å². The minimum absolute atomic E-state index is 0.0709. The number of nitrogens with one attached hydrogen (secondary N) is 1. The SMILES string of the molecule is CC[C@H](C)NC(=O)[C@@H](C)N(Cc1ccc(OC)cc1)C(=O)CN(c1ccc(C)c(C)c1)S(=O)(=O)c1ccccc1. The van der Waals surface area contributed by atoms with Gasteiger partial charge in [0.15, 0.2) is 0 Å². The lowest BCUT2D eigenvalue weighted by Crippen LogP contribution is -2.52. The van der Waals surface area contributed by atoms with Crippen LogP contribution in [0.15, 0.2) is 77.7 Å². The summed E-state index contributed by atoms with van der Waals surface area (Å²) in [7, 11) is -2.52. The summed E-state index contributed by atoms with van der Waals surface area (Å²) >= 11 is 0. The van der Waals surface area contributed by atoms with E-state index in [0.717, 1.165) is 27.4 Å². The second kappa shape index (κ2) is 13.5. The summed E-state index contributed by atoms with van der Waals surface area (Å²) in [6.07, 6.45) is 0.737. The number of aryl methyl sites for hydroxylation is 2. The topological polar surface area (TPSA) is 96.0 Å². The van der Waals surface area contributed by atoms with Crippen molar-refractivity contribution in [2.75, 3.05) is 18.0 Å². The Morgan fingerprint density at radius 3 is 2.15 bits per heavy atom. The minimum atomic E-state index is -4.09. The number of ether oxygens (including phenoxy) is 1. The Morgan fingerprint density at radius 2 is 1.57 bits per heavy atom. The van der Waals surface area contributed by atoms with E-state index >= 15 is 0 Å². The Morgan fingerprint density at radius 1 is 0.925 bits per heavy atom. The summed E-state index contributed by atoms with van der Waals surface area (Å²) in [6, 6.07) is 19.6. The van der Waals surface area contributed by atoms with E-state index in [1.165, 1.54) is 17.0 Å². The number of sulfonamides is 1. The zero-order chi connectivity index (χ0) is 29.4. The third-order valence-electron chi connectivity index (χ3n) is 7.07. The number of anilines is 1. The first kappa shape index (κ1) is 30.7. The summed E-state index contributed by atoms with van der Waals surface area (Å²) in [6.45, 7) is 8.99. The smallest absolute Gasteiger partial charge is 0.264 e. The Hall–Kier alpha value is -3.85. The first-order valence-corrected chi connectivity index (χ1v) is 14.8. The number of carbonyl (C=O) groups is 2. The van der Waals surface area contributed by atoms with Crippen LogP contribution in [0, 0.1) is 13.8 Å². The van der Waals surface area contributed by atoms with Crippen LogP contribution in [0.5, 0.6) is 5.75 Å². The van der Waals surface area contributed by atoms with Crippen molar-refractivity contribution in [1.82, 2.24) is 10.2 Å². The van der Waals surface area contributed by atoms with Crippen molar-refractivity contribution in [3.63, 3.8) is 0 Å². The van der Waals surface area contributed by atoms with Gasteiger partial charge in [0.25, 0.3) is 10.0 Å². The molecule has 0 saturated carbocycles. The van der Waals surface area contributed by atoms with E-state index in [9.17, 15) is 18.0 Å². The lowest BCUT2D eigenvalue weighted by molar-refractivity contribution is -0.139. The monoisotopic (exact) mass is 565 g/mol. The van der Waals surface area contributed by atoms with Gasteiger partial charge in [-0.1, -0.05) is 43.3 Å². The van der Waals surface area contributed by atoms with Crippen molar-refractivity contribution in [3.05, 3.63) is 89.5 Å². The van der Waals surface area contributed by atoms with Crippen molar-refractivity contribution < 1.29 is 22.7 Å². The maximum atomic E-state index is 14.0. The molecular formula is C31H39N3O5S. The molecule has 0 aliphatic rings. The molecule has 0 heterocycles. The third-order valence-corrected chi connectivity index (χ3v) is 8.86. The van der Waals surface area contributed by atoms with Gasteiger partial charge in [-0.15, -0.1) is 0 Å². The van der Waals surface area contributed by atoms with Crippen molar-refractivity contribution in [1.29, 1.82) is 0 Å². The van der Waals surface area contributed by atoms with E-state index in [0.29, 0.717) is 11.4 Å². The molecule has 0 saturated heterocycles. The third kappa shape index (κ3) is 7.41. The van der Waals surface area contributed by atoms with Crippen LogP contribution >= 0.6 is 0 Å². The molecule has 0 bridgehead atoms. The van der Waals surface area contributed by atoms with E-state index in [2.05, 4.69) is 5.32 Å². The predicted molar refractivity (Wildman–Crippen MR) is 158 cm³/mol. The zero-order valence-electron chi connectivity index (χ0n) is 24.0.